The molecule has 1 heterocycles. The zero-order valence-corrected chi connectivity index (χ0v) is 9.88. The molecule has 2 aromatic carbocycles. The van der Waals surface area contributed by atoms with Crippen LogP contribution in [0.1, 0.15) is 5.56 Å². The first-order chi connectivity index (χ1) is 9.22. The van der Waals surface area contributed by atoms with Crippen molar-refractivity contribution in [1.29, 1.82) is 5.26 Å². The molecule has 0 saturated carbocycles. The Morgan fingerprint density at radius 3 is 2.47 bits per heavy atom. The lowest BCUT2D eigenvalue weighted by molar-refractivity contribution is -0.115. The number of hydrogen-bond acceptors (Lipinski definition) is 3. The summed E-state index contributed by atoms with van der Waals surface area (Å²) in [5.41, 5.74) is 1.03. The average molecular weight is 251 g/mol. The van der Waals surface area contributed by atoms with Crippen LogP contribution < -0.4 is 10.2 Å². The van der Waals surface area contributed by atoms with Crippen LogP contribution in [-0.2, 0) is 4.79 Å². The molecule has 0 aliphatic carbocycles. The van der Waals surface area contributed by atoms with Crippen LogP contribution in [0.5, 0.6) is 0 Å². The number of anilines is 1. The third-order valence-corrected chi connectivity index (χ3v) is 3.11. The van der Waals surface area contributed by atoms with E-state index in [4.69, 9.17) is 5.26 Å². The predicted octanol–water partition coefficient (Wildman–Crippen LogP) is 1.77. The van der Waals surface area contributed by atoms with Crippen molar-refractivity contribution in [2.75, 3.05) is 11.4 Å². The molecule has 3 rings (SSSR count). The van der Waals surface area contributed by atoms with Crippen LogP contribution in [0.15, 0.2) is 36.4 Å². The second-order valence-corrected chi connectivity index (χ2v) is 4.18. The molecular formula is C14H9N3O2. The summed E-state index contributed by atoms with van der Waals surface area (Å²) in [5, 5.41) is 13.0. The Bertz CT molecular complexity index is 730. The van der Waals surface area contributed by atoms with E-state index >= 15 is 0 Å². The minimum Gasteiger partial charge on any atom is -0.328 e. The first kappa shape index (κ1) is 11.2. The number of fused-ring (bicyclic) bond motifs is 1. The average Bonchev–Trinajstić information content (AvgIpc) is 2.77. The maximum atomic E-state index is 11.8. The van der Waals surface area contributed by atoms with E-state index in [1.54, 1.807) is 24.3 Å². The predicted molar refractivity (Wildman–Crippen MR) is 69.5 cm³/mol. The highest BCUT2D eigenvalue weighted by molar-refractivity contribution is 6.23. The summed E-state index contributed by atoms with van der Waals surface area (Å²) in [6.45, 7) is 0.00710. The third-order valence-electron chi connectivity index (χ3n) is 3.11. The molecule has 0 radical (unpaired) electrons. The third kappa shape index (κ3) is 1.62. The lowest BCUT2D eigenvalue weighted by atomic mass is 10.0. The van der Waals surface area contributed by atoms with Crippen LogP contribution >= 0.6 is 0 Å². The van der Waals surface area contributed by atoms with Gasteiger partial charge in [0.2, 0.25) is 0 Å². The second kappa shape index (κ2) is 4.10. The van der Waals surface area contributed by atoms with Gasteiger partial charge in [-0.3, -0.25) is 4.79 Å². The summed E-state index contributed by atoms with van der Waals surface area (Å²) in [7, 11) is 0. The van der Waals surface area contributed by atoms with Gasteiger partial charge >= 0.3 is 6.03 Å². The molecule has 1 aliphatic rings. The van der Waals surface area contributed by atoms with Crippen LogP contribution in [0.25, 0.3) is 10.8 Å². The van der Waals surface area contributed by atoms with Crippen molar-refractivity contribution >= 4 is 28.4 Å². The number of benzene rings is 2. The molecule has 1 fully saturated rings. The Balaban J connectivity index is 2.29. The summed E-state index contributed by atoms with van der Waals surface area (Å²) in [6.07, 6.45) is 0. The summed E-state index contributed by atoms with van der Waals surface area (Å²) >= 11 is 0. The minimum absolute atomic E-state index is 0.00710. The quantitative estimate of drug-likeness (QED) is 0.785. The highest BCUT2D eigenvalue weighted by Crippen LogP contribution is 2.30. The van der Waals surface area contributed by atoms with Crippen LogP contribution in [0.4, 0.5) is 10.5 Å². The van der Waals surface area contributed by atoms with Crippen LogP contribution in [0, 0.1) is 11.3 Å². The molecule has 0 bridgehead atoms. The molecule has 1 saturated heterocycles. The van der Waals surface area contributed by atoms with E-state index in [-0.39, 0.29) is 12.5 Å². The summed E-state index contributed by atoms with van der Waals surface area (Å²) in [6, 6.07) is 12.2. The molecule has 2 aromatic rings. The number of nitriles is 1. The fraction of sp³-hybridized carbons (Fsp3) is 0.0714. The molecule has 19 heavy (non-hydrogen) atoms. The van der Waals surface area contributed by atoms with E-state index in [1.807, 2.05) is 12.1 Å². The van der Waals surface area contributed by atoms with E-state index in [0.717, 1.165) is 10.3 Å². The van der Waals surface area contributed by atoms with Crippen molar-refractivity contribution in [2.45, 2.75) is 0 Å². The maximum absolute atomic E-state index is 11.8. The monoisotopic (exact) mass is 251 g/mol. The Hall–Kier alpha value is -2.87. The van der Waals surface area contributed by atoms with Crippen molar-refractivity contribution in [3.63, 3.8) is 0 Å². The Morgan fingerprint density at radius 2 is 1.84 bits per heavy atom. The van der Waals surface area contributed by atoms with E-state index in [2.05, 4.69) is 11.4 Å². The smallest absolute Gasteiger partial charge is 0.328 e. The number of urea groups is 1. The van der Waals surface area contributed by atoms with Crippen molar-refractivity contribution in [3.05, 3.63) is 42.0 Å². The van der Waals surface area contributed by atoms with Gasteiger partial charge in [-0.1, -0.05) is 24.3 Å². The van der Waals surface area contributed by atoms with Gasteiger partial charge in [-0.05, 0) is 12.1 Å². The molecule has 0 unspecified atom stereocenters. The maximum Gasteiger partial charge on any atom is 0.329 e. The lowest BCUT2D eigenvalue weighted by Crippen LogP contribution is -2.30. The Kier molecular flexibility index (Phi) is 2.43. The van der Waals surface area contributed by atoms with Crippen LogP contribution in [-0.4, -0.2) is 18.5 Å². The highest BCUT2D eigenvalue weighted by Gasteiger charge is 2.31. The normalized spacial score (nSPS) is 14.6. The molecule has 3 amide bonds. The number of carbonyl (C=O) groups is 2. The molecule has 5 nitrogen and oxygen atoms in total. The fourth-order valence-corrected chi connectivity index (χ4v) is 2.24. The van der Waals surface area contributed by atoms with E-state index < -0.39 is 6.03 Å². The highest BCUT2D eigenvalue weighted by atomic mass is 16.2. The summed E-state index contributed by atoms with van der Waals surface area (Å²) < 4.78 is 0. The number of rotatable bonds is 1. The summed E-state index contributed by atoms with van der Waals surface area (Å²) in [5.74, 6) is -0.292. The lowest BCUT2D eigenvalue weighted by Gasteiger charge is -2.15. The van der Waals surface area contributed by atoms with Crippen molar-refractivity contribution in [3.8, 4) is 6.07 Å². The van der Waals surface area contributed by atoms with Crippen LogP contribution in [0.2, 0.25) is 0 Å². The van der Waals surface area contributed by atoms with Gasteiger partial charge in [-0.2, -0.15) is 5.26 Å². The zero-order chi connectivity index (χ0) is 13.4. The number of amides is 3. The molecule has 5 heteroatoms. The zero-order valence-electron chi connectivity index (χ0n) is 9.88. The molecule has 0 aromatic heterocycles. The number of hydrogen-bond donors (Lipinski definition) is 1. The largest absolute Gasteiger partial charge is 0.329 e. The van der Waals surface area contributed by atoms with Crippen LogP contribution in [0.3, 0.4) is 0 Å². The van der Waals surface area contributed by atoms with Gasteiger partial charge in [0.1, 0.15) is 0 Å². The molecule has 1 N–H and O–H groups in total. The van der Waals surface area contributed by atoms with Crippen molar-refractivity contribution in [1.82, 2.24) is 5.32 Å². The van der Waals surface area contributed by atoms with Gasteiger partial charge in [0.15, 0.2) is 0 Å². The SMILES string of the molecule is N#Cc1ccc(N2C(=O)CNC2=O)c2ccccc12. The Labute approximate surface area is 109 Å². The number of nitrogens with one attached hydrogen (secondary N) is 1. The van der Waals surface area contributed by atoms with E-state index in [0.29, 0.717) is 16.6 Å². The van der Waals surface area contributed by atoms with Gasteiger partial charge in [0.25, 0.3) is 5.91 Å². The second-order valence-electron chi connectivity index (χ2n) is 4.18. The summed E-state index contributed by atoms with van der Waals surface area (Å²) in [4.78, 5) is 24.6. The van der Waals surface area contributed by atoms with Gasteiger partial charge in [0.05, 0.1) is 23.9 Å². The van der Waals surface area contributed by atoms with Gasteiger partial charge in [0, 0.05) is 10.8 Å². The fourth-order valence-electron chi connectivity index (χ4n) is 2.24. The molecule has 0 spiro atoms. The first-order valence-corrected chi connectivity index (χ1v) is 5.75. The number of carbonyl (C=O) groups excluding carboxylic acids is 2. The number of imide groups is 1. The van der Waals surface area contributed by atoms with Crippen molar-refractivity contribution < 1.29 is 9.59 Å². The molecule has 92 valence electrons. The number of nitrogens with zero attached hydrogens (tertiary/aromatic N) is 2. The topological polar surface area (TPSA) is 73.2 Å². The Morgan fingerprint density at radius 1 is 1.11 bits per heavy atom. The van der Waals surface area contributed by atoms with Gasteiger partial charge < -0.3 is 5.32 Å². The molecular weight excluding hydrogens is 242 g/mol. The first-order valence-electron chi connectivity index (χ1n) is 5.75. The van der Waals surface area contributed by atoms with E-state index in [9.17, 15) is 9.59 Å². The molecule has 1 aliphatic heterocycles. The van der Waals surface area contributed by atoms with E-state index in [1.165, 1.54) is 0 Å². The van der Waals surface area contributed by atoms with Crippen molar-refractivity contribution in [2.24, 2.45) is 0 Å². The van der Waals surface area contributed by atoms with Gasteiger partial charge in [-0.25, -0.2) is 9.69 Å². The minimum atomic E-state index is -0.431. The molecule has 0 atom stereocenters. The standard InChI is InChI=1S/C14H9N3O2/c15-7-9-5-6-12(11-4-2-1-3-10(9)11)17-13(18)8-16-14(17)19/h1-6H,8H2,(H,16,19). The van der Waals surface area contributed by atoms with Gasteiger partial charge in [-0.15, -0.1) is 0 Å².